The average molecular weight is 229 g/mol. The van der Waals surface area contributed by atoms with Crippen LogP contribution in [0, 0.1) is 19.3 Å². The van der Waals surface area contributed by atoms with Gasteiger partial charge in [0.05, 0.1) is 6.54 Å². The molecule has 2 rings (SSSR count). The highest BCUT2D eigenvalue weighted by Gasteiger charge is 2.20. The standard InChI is InChI=1S/C14H19N3/c1-4-7-17(3)14-8-11(2)15-9-12(14)10-16-13-5-6-13/h1,8-9,13,16H,5-7,10H2,2-3H3. The zero-order valence-corrected chi connectivity index (χ0v) is 10.5. The number of hydrogen-bond donors (Lipinski definition) is 1. The van der Waals surface area contributed by atoms with Crippen molar-refractivity contribution in [3.8, 4) is 12.3 Å². The summed E-state index contributed by atoms with van der Waals surface area (Å²) < 4.78 is 0. The summed E-state index contributed by atoms with van der Waals surface area (Å²) in [5.41, 5.74) is 3.43. The number of nitrogens with zero attached hydrogens (tertiary/aromatic N) is 2. The summed E-state index contributed by atoms with van der Waals surface area (Å²) in [5.74, 6) is 2.67. The number of rotatable bonds is 5. The molecule has 1 fully saturated rings. The third kappa shape index (κ3) is 3.21. The summed E-state index contributed by atoms with van der Waals surface area (Å²) in [4.78, 5) is 6.46. The van der Waals surface area contributed by atoms with E-state index in [4.69, 9.17) is 6.42 Å². The molecule has 1 aliphatic carbocycles. The van der Waals surface area contributed by atoms with Gasteiger partial charge in [0.2, 0.25) is 0 Å². The molecule has 3 nitrogen and oxygen atoms in total. The minimum absolute atomic E-state index is 0.625. The number of pyridine rings is 1. The zero-order valence-electron chi connectivity index (χ0n) is 10.5. The summed E-state index contributed by atoms with van der Waals surface area (Å²) >= 11 is 0. The summed E-state index contributed by atoms with van der Waals surface area (Å²) in [7, 11) is 2.02. The van der Waals surface area contributed by atoms with Gasteiger partial charge in [0, 0.05) is 42.8 Å². The van der Waals surface area contributed by atoms with Crippen LogP contribution in [0.1, 0.15) is 24.1 Å². The van der Waals surface area contributed by atoms with Crippen molar-refractivity contribution in [2.75, 3.05) is 18.5 Å². The van der Waals surface area contributed by atoms with Crippen molar-refractivity contribution in [3.05, 3.63) is 23.5 Å². The van der Waals surface area contributed by atoms with E-state index in [-0.39, 0.29) is 0 Å². The van der Waals surface area contributed by atoms with Gasteiger partial charge in [-0.05, 0) is 25.8 Å². The van der Waals surface area contributed by atoms with Crippen LogP contribution in [-0.2, 0) is 6.54 Å². The van der Waals surface area contributed by atoms with E-state index < -0.39 is 0 Å². The summed E-state index contributed by atoms with van der Waals surface area (Å²) in [6.07, 6.45) is 9.92. The van der Waals surface area contributed by atoms with Crippen LogP contribution in [0.2, 0.25) is 0 Å². The molecule has 0 radical (unpaired) electrons. The van der Waals surface area contributed by atoms with Crippen LogP contribution < -0.4 is 10.2 Å². The van der Waals surface area contributed by atoms with Crippen LogP contribution >= 0.6 is 0 Å². The second-order valence-corrected chi connectivity index (χ2v) is 4.67. The fraction of sp³-hybridized carbons (Fsp3) is 0.500. The van der Waals surface area contributed by atoms with Gasteiger partial charge < -0.3 is 10.2 Å². The van der Waals surface area contributed by atoms with Gasteiger partial charge in [-0.3, -0.25) is 4.98 Å². The van der Waals surface area contributed by atoms with E-state index in [1.807, 2.05) is 20.2 Å². The van der Waals surface area contributed by atoms with Crippen molar-refractivity contribution in [2.24, 2.45) is 0 Å². The number of nitrogens with one attached hydrogen (secondary N) is 1. The van der Waals surface area contributed by atoms with Crippen molar-refractivity contribution in [3.63, 3.8) is 0 Å². The lowest BCUT2D eigenvalue weighted by Crippen LogP contribution is -2.22. The molecule has 1 aromatic rings. The van der Waals surface area contributed by atoms with Crippen molar-refractivity contribution in [1.82, 2.24) is 10.3 Å². The highest BCUT2D eigenvalue weighted by molar-refractivity contribution is 5.53. The lowest BCUT2D eigenvalue weighted by Gasteiger charge is -2.20. The van der Waals surface area contributed by atoms with E-state index in [2.05, 4.69) is 27.2 Å². The van der Waals surface area contributed by atoms with Gasteiger partial charge in [-0.15, -0.1) is 6.42 Å². The van der Waals surface area contributed by atoms with E-state index in [1.54, 1.807) is 0 Å². The third-order valence-corrected chi connectivity index (χ3v) is 3.00. The Kier molecular flexibility index (Phi) is 3.65. The van der Waals surface area contributed by atoms with Crippen LogP contribution in [-0.4, -0.2) is 24.6 Å². The largest absolute Gasteiger partial charge is 0.363 e. The molecular weight excluding hydrogens is 210 g/mol. The van der Waals surface area contributed by atoms with Gasteiger partial charge in [-0.25, -0.2) is 0 Å². The molecule has 0 unspecified atom stereocenters. The van der Waals surface area contributed by atoms with Gasteiger partial charge in [-0.1, -0.05) is 5.92 Å². The number of terminal acetylenes is 1. The first-order valence-electron chi connectivity index (χ1n) is 6.04. The maximum Gasteiger partial charge on any atom is 0.0788 e. The minimum atomic E-state index is 0.625. The SMILES string of the molecule is C#CCN(C)c1cc(C)ncc1CNC1CC1. The first-order valence-corrected chi connectivity index (χ1v) is 6.04. The van der Waals surface area contributed by atoms with Crippen molar-refractivity contribution in [1.29, 1.82) is 0 Å². The molecule has 1 aliphatic rings. The average Bonchev–Trinajstić information content (AvgIpc) is 3.11. The molecule has 1 heterocycles. The molecule has 0 aliphatic heterocycles. The molecule has 0 aromatic carbocycles. The van der Waals surface area contributed by atoms with Crippen LogP contribution in [0.15, 0.2) is 12.3 Å². The monoisotopic (exact) mass is 229 g/mol. The van der Waals surface area contributed by atoms with Gasteiger partial charge in [0.1, 0.15) is 0 Å². The zero-order chi connectivity index (χ0) is 12.3. The van der Waals surface area contributed by atoms with Crippen molar-refractivity contribution in [2.45, 2.75) is 32.4 Å². The topological polar surface area (TPSA) is 28.2 Å². The van der Waals surface area contributed by atoms with Crippen LogP contribution in [0.25, 0.3) is 0 Å². The minimum Gasteiger partial charge on any atom is -0.363 e. The Bertz CT molecular complexity index is 430. The van der Waals surface area contributed by atoms with Gasteiger partial charge in [-0.2, -0.15) is 0 Å². The number of aromatic nitrogens is 1. The molecule has 0 spiro atoms. The molecule has 1 saturated carbocycles. The first kappa shape index (κ1) is 11.9. The number of hydrogen-bond acceptors (Lipinski definition) is 3. The third-order valence-electron chi connectivity index (χ3n) is 3.00. The Hall–Kier alpha value is -1.53. The van der Waals surface area contributed by atoms with Gasteiger partial charge in [0.15, 0.2) is 0 Å². The number of anilines is 1. The predicted molar refractivity (Wildman–Crippen MR) is 70.9 cm³/mol. The quantitative estimate of drug-likeness (QED) is 0.779. The molecule has 1 N–H and O–H groups in total. The van der Waals surface area contributed by atoms with Crippen molar-refractivity contribution < 1.29 is 0 Å². The second kappa shape index (κ2) is 5.20. The first-order chi connectivity index (χ1) is 8.20. The van der Waals surface area contributed by atoms with E-state index >= 15 is 0 Å². The fourth-order valence-electron chi connectivity index (χ4n) is 1.83. The summed E-state index contributed by atoms with van der Waals surface area (Å²) in [6.45, 7) is 3.51. The lowest BCUT2D eigenvalue weighted by molar-refractivity contribution is 0.684. The van der Waals surface area contributed by atoms with E-state index in [1.165, 1.54) is 24.1 Å². The normalized spacial score (nSPS) is 14.4. The van der Waals surface area contributed by atoms with Crippen LogP contribution in [0.3, 0.4) is 0 Å². The highest BCUT2D eigenvalue weighted by atomic mass is 15.1. The number of aryl methyl sites for hydroxylation is 1. The molecule has 17 heavy (non-hydrogen) atoms. The second-order valence-electron chi connectivity index (χ2n) is 4.67. The van der Waals surface area contributed by atoms with Crippen LogP contribution in [0.5, 0.6) is 0 Å². The Morgan fingerprint density at radius 2 is 2.35 bits per heavy atom. The van der Waals surface area contributed by atoms with Crippen molar-refractivity contribution >= 4 is 5.69 Å². The molecular formula is C14H19N3. The summed E-state index contributed by atoms with van der Waals surface area (Å²) in [6, 6.07) is 2.81. The van der Waals surface area contributed by atoms with Crippen LogP contribution in [0.4, 0.5) is 5.69 Å². The predicted octanol–water partition coefficient (Wildman–Crippen LogP) is 1.71. The lowest BCUT2D eigenvalue weighted by atomic mass is 10.2. The highest BCUT2D eigenvalue weighted by Crippen LogP contribution is 2.23. The maximum atomic E-state index is 5.36. The Balaban J connectivity index is 2.13. The van der Waals surface area contributed by atoms with E-state index in [9.17, 15) is 0 Å². The Morgan fingerprint density at radius 1 is 1.59 bits per heavy atom. The molecule has 0 amide bonds. The molecule has 0 bridgehead atoms. The van der Waals surface area contributed by atoms with Gasteiger partial charge >= 0.3 is 0 Å². The van der Waals surface area contributed by atoms with Gasteiger partial charge in [0.25, 0.3) is 0 Å². The molecule has 0 atom stereocenters. The molecule has 1 aromatic heterocycles. The molecule has 0 saturated heterocycles. The van der Waals surface area contributed by atoms with E-state index in [0.29, 0.717) is 12.6 Å². The Morgan fingerprint density at radius 3 is 3.00 bits per heavy atom. The smallest absolute Gasteiger partial charge is 0.0788 e. The molecule has 3 heteroatoms. The fourth-order valence-corrected chi connectivity index (χ4v) is 1.83. The Labute approximate surface area is 103 Å². The summed E-state index contributed by atoms with van der Waals surface area (Å²) in [5, 5.41) is 3.51. The van der Waals surface area contributed by atoms with E-state index in [0.717, 1.165) is 12.2 Å². The molecule has 90 valence electrons. The maximum absolute atomic E-state index is 5.36.